The number of carbonyl (C=O) groups is 2. The van der Waals surface area contributed by atoms with Gasteiger partial charge in [0.1, 0.15) is 0 Å². The van der Waals surface area contributed by atoms with Gasteiger partial charge in [-0.05, 0) is 18.6 Å². The molecule has 168 valence electrons. The largest absolute Gasteiger partial charge is 0.493 e. The van der Waals surface area contributed by atoms with Gasteiger partial charge in [0.25, 0.3) is 0 Å². The van der Waals surface area contributed by atoms with Crippen LogP contribution in [0.2, 0.25) is 0 Å². The molecule has 1 amide bonds. The predicted octanol–water partition coefficient (Wildman–Crippen LogP) is 2.68. The van der Waals surface area contributed by atoms with Gasteiger partial charge in [-0.3, -0.25) is 9.10 Å². The molecular weight excluding hydrogens is 424 g/mol. The van der Waals surface area contributed by atoms with Crippen LogP contribution in [0.5, 0.6) is 11.5 Å². The molecule has 0 spiro atoms. The fourth-order valence-electron chi connectivity index (χ4n) is 2.94. The highest BCUT2D eigenvalue weighted by Gasteiger charge is 2.20. The lowest BCUT2D eigenvalue weighted by molar-refractivity contribution is -0.116. The fraction of sp³-hybridized carbons (Fsp3) is 0.333. The van der Waals surface area contributed by atoms with Gasteiger partial charge < -0.3 is 19.5 Å². The van der Waals surface area contributed by atoms with Crippen LogP contribution in [0.4, 0.5) is 11.4 Å². The molecular formula is C21H26N2O7S. The minimum Gasteiger partial charge on any atom is -0.493 e. The van der Waals surface area contributed by atoms with E-state index in [1.54, 1.807) is 30.3 Å². The number of methoxy groups -OCH3 is 3. The molecule has 0 heterocycles. The quantitative estimate of drug-likeness (QED) is 0.554. The Balaban J connectivity index is 2.12. The summed E-state index contributed by atoms with van der Waals surface area (Å²) in [6.07, 6.45) is 1.43. The zero-order chi connectivity index (χ0) is 23.0. The topological polar surface area (TPSA) is 111 Å². The molecule has 0 aliphatic carbocycles. The van der Waals surface area contributed by atoms with Crippen LogP contribution in [-0.4, -0.2) is 54.4 Å². The maximum atomic E-state index is 12.5. The highest BCUT2D eigenvalue weighted by atomic mass is 32.2. The van der Waals surface area contributed by atoms with Crippen LogP contribution in [-0.2, 0) is 19.6 Å². The molecule has 2 aromatic rings. The lowest BCUT2D eigenvalue weighted by atomic mass is 10.1. The van der Waals surface area contributed by atoms with Crippen molar-refractivity contribution in [1.82, 2.24) is 0 Å². The number of nitrogens with zero attached hydrogens (tertiary/aromatic N) is 1. The molecule has 0 radical (unpaired) electrons. The lowest BCUT2D eigenvalue weighted by Gasteiger charge is -2.22. The predicted molar refractivity (Wildman–Crippen MR) is 117 cm³/mol. The second-order valence-electron chi connectivity index (χ2n) is 6.57. The zero-order valence-electron chi connectivity index (χ0n) is 17.9. The molecule has 0 unspecified atom stereocenters. The van der Waals surface area contributed by atoms with Crippen LogP contribution in [0.3, 0.4) is 0 Å². The van der Waals surface area contributed by atoms with Crippen LogP contribution in [0, 0.1) is 0 Å². The van der Waals surface area contributed by atoms with Gasteiger partial charge in [0, 0.05) is 25.1 Å². The standard InChI is InChI=1S/C21H26N2O7S/c1-28-18-13-16(21(25)30-3)17(14-19(18)29-2)22-20(24)11-8-12-23(31(4,26)27)15-9-6-5-7-10-15/h5-7,9-10,13-14H,8,11-12H2,1-4H3,(H,22,24). The van der Waals surface area contributed by atoms with E-state index in [-0.39, 0.29) is 36.5 Å². The van der Waals surface area contributed by atoms with Crippen molar-refractivity contribution in [2.75, 3.05) is 43.8 Å². The van der Waals surface area contributed by atoms with E-state index in [9.17, 15) is 18.0 Å². The van der Waals surface area contributed by atoms with Gasteiger partial charge in [0.05, 0.1) is 44.5 Å². The molecule has 31 heavy (non-hydrogen) atoms. The molecule has 2 rings (SSSR count). The number of ether oxygens (including phenoxy) is 3. The number of benzene rings is 2. The SMILES string of the molecule is COC(=O)c1cc(OC)c(OC)cc1NC(=O)CCCN(c1ccccc1)S(C)(=O)=O. The number of hydrogen-bond acceptors (Lipinski definition) is 7. The van der Waals surface area contributed by atoms with Crippen molar-refractivity contribution in [3.8, 4) is 11.5 Å². The summed E-state index contributed by atoms with van der Waals surface area (Å²) in [6.45, 7) is 0.131. The number of para-hydroxylation sites is 1. The summed E-state index contributed by atoms with van der Waals surface area (Å²) in [5.41, 5.74) is 0.839. The number of hydrogen-bond donors (Lipinski definition) is 1. The van der Waals surface area contributed by atoms with E-state index in [4.69, 9.17) is 14.2 Å². The average molecular weight is 451 g/mol. The van der Waals surface area contributed by atoms with Crippen molar-refractivity contribution in [2.24, 2.45) is 0 Å². The Labute approximate surface area is 182 Å². The highest BCUT2D eigenvalue weighted by Crippen LogP contribution is 2.34. The molecule has 1 N–H and O–H groups in total. The molecule has 0 saturated carbocycles. The second kappa shape index (κ2) is 10.7. The van der Waals surface area contributed by atoms with Crippen LogP contribution in [0.25, 0.3) is 0 Å². The first-order chi connectivity index (χ1) is 14.7. The Bertz CT molecular complexity index is 1020. The number of rotatable bonds is 10. The summed E-state index contributed by atoms with van der Waals surface area (Å²) in [5.74, 6) is -0.396. The summed E-state index contributed by atoms with van der Waals surface area (Å²) in [4.78, 5) is 24.6. The van der Waals surface area contributed by atoms with Crippen LogP contribution >= 0.6 is 0 Å². The van der Waals surface area contributed by atoms with Crippen molar-refractivity contribution in [1.29, 1.82) is 0 Å². The van der Waals surface area contributed by atoms with E-state index in [1.165, 1.54) is 37.8 Å². The number of anilines is 2. The molecule has 0 fully saturated rings. The maximum absolute atomic E-state index is 12.5. The van der Waals surface area contributed by atoms with Crippen LogP contribution in [0.15, 0.2) is 42.5 Å². The highest BCUT2D eigenvalue weighted by molar-refractivity contribution is 7.92. The van der Waals surface area contributed by atoms with Gasteiger partial charge in [-0.1, -0.05) is 18.2 Å². The Morgan fingerprint density at radius 2 is 1.61 bits per heavy atom. The van der Waals surface area contributed by atoms with E-state index in [1.807, 2.05) is 0 Å². The smallest absolute Gasteiger partial charge is 0.340 e. The Morgan fingerprint density at radius 1 is 1.00 bits per heavy atom. The monoisotopic (exact) mass is 450 g/mol. The molecule has 0 aliphatic rings. The minimum atomic E-state index is -3.50. The second-order valence-corrected chi connectivity index (χ2v) is 8.47. The fourth-order valence-corrected chi connectivity index (χ4v) is 3.90. The van der Waals surface area contributed by atoms with Crippen molar-refractivity contribution in [3.05, 3.63) is 48.0 Å². The molecule has 0 bridgehead atoms. The Morgan fingerprint density at radius 3 is 2.16 bits per heavy atom. The van der Waals surface area contributed by atoms with Crippen molar-refractivity contribution < 1.29 is 32.2 Å². The number of carbonyl (C=O) groups excluding carboxylic acids is 2. The van der Waals surface area contributed by atoms with Gasteiger partial charge in [0.15, 0.2) is 11.5 Å². The summed E-state index contributed by atoms with van der Waals surface area (Å²) in [5, 5.41) is 2.66. The van der Waals surface area contributed by atoms with Gasteiger partial charge in [-0.2, -0.15) is 0 Å². The van der Waals surface area contributed by atoms with E-state index < -0.39 is 16.0 Å². The normalized spacial score (nSPS) is 10.8. The summed E-state index contributed by atoms with van der Waals surface area (Å²) in [7, 11) is 0.590. The number of sulfonamides is 1. The molecule has 2 aromatic carbocycles. The number of nitrogens with one attached hydrogen (secondary N) is 1. The molecule has 0 aliphatic heterocycles. The summed E-state index contributed by atoms with van der Waals surface area (Å²) in [6, 6.07) is 11.5. The van der Waals surface area contributed by atoms with Gasteiger partial charge >= 0.3 is 5.97 Å². The van der Waals surface area contributed by atoms with E-state index in [0.717, 1.165) is 6.26 Å². The molecule has 0 atom stereocenters. The Kier molecular flexibility index (Phi) is 8.26. The van der Waals surface area contributed by atoms with Gasteiger partial charge in [-0.25, -0.2) is 13.2 Å². The van der Waals surface area contributed by atoms with Crippen molar-refractivity contribution in [3.63, 3.8) is 0 Å². The first kappa shape index (κ1) is 24.0. The minimum absolute atomic E-state index is 0.0355. The molecule has 0 saturated heterocycles. The van der Waals surface area contributed by atoms with Crippen molar-refractivity contribution in [2.45, 2.75) is 12.8 Å². The molecule has 10 heteroatoms. The van der Waals surface area contributed by atoms with Crippen molar-refractivity contribution >= 4 is 33.3 Å². The third-order valence-corrected chi connectivity index (χ3v) is 5.61. The molecule has 9 nitrogen and oxygen atoms in total. The Hall–Kier alpha value is -3.27. The average Bonchev–Trinajstić information content (AvgIpc) is 2.75. The van der Waals surface area contributed by atoms with Crippen LogP contribution in [0.1, 0.15) is 23.2 Å². The third-order valence-electron chi connectivity index (χ3n) is 4.41. The van der Waals surface area contributed by atoms with E-state index >= 15 is 0 Å². The first-order valence-corrected chi connectivity index (χ1v) is 11.2. The van der Waals surface area contributed by atoms with Gasteiger partial charge in [-0.15, -0.1) is 0 Å². The van der Waals surface area contributed by atoms with Gasteiger partial charge in [0.2, 0.25) is 15.9 Å². The summed E-state index contributed by atoms with van der Waals surface area (Å²) < 4.78 is 40.7. The molecule has 0 aromatic heterocycles. The number of esters is 1. The van der Waals surface area contributed by atoms with Crippen LogP contribution < -0.4 is 19.1 Å². The first-order valence-electron chi connectivity index (χ1n) is 9.38. The maximum Gasteiger partial charge on any atom is 0.340 e. The van der Waals surface area contributed by atoms with E-state index in [2.05, 4.69) is 5.32 Å². The number of amides is 1. The van der Waals surface area contributed by atoms with E-state index in [0.29, 0.717) is 17.2 Å². The third kappa shape index (κ3) is 6.35. The summed E-state index contributed by atoms with van der Waals surface area (Å²) >= 11 is 0. The zero-order valence-corrected chi connectivity index (χ0v) is 18.7. The lowest BCUT2D eigenvalue weighted by Crippen LogP contribution is -2.31.